The summed E-state index contributed by atoms with van der Waals surface area (Å²) >= 11 is 0. The fraction of sp³-hybridized carbons (Fsp3) is 0.774. The maximum atomic E-state index is 9.80. The van der Waals surface area contributed by atoms with Crippen molar-refractivity contribution in [1.82, 2.24) is 0 Å². The maximum Gasteiger partial charge on any atom is 0.192 e. The average Bonchev–Trinajstić information content (AvgIpc) is 3.25. The first kappa shape index (κ1) is 69.6. The number of allylic oxidation sites excluding steroid dienone is 2. The van der Waals surface area contributed by atoms with Crippen molar-refractivity contribution in [3.05, 3.63) is 78.9 Å². The van der Waals surface area contributed by atoms with E-state index in [1.807, 2.05) is 24.3 Å². The van der Waals surface area contributed by atoms with Gasteiger partial charge >= 0.3 is 0 Å². The van der Waals surface area contributed by atoms with Crippen molar-refractivity contribution >= 4 is 33.3 Å². The van der Waals surface area contributed by atoms with Gasteiger partial charge in [-0.3, -0.25) is 0 Å². The van der Waals surface area contributed by atoms with Crippen LogP contribution in [0, 0.1) is 35.5 Å². The van der Waals surface area contributed by atoms with E-state index in [-0.39, 0.29) is 81.0 Å². The summed E-state index contributed by atoms with van der Waals surface area (Å²) in [6.07, 6.45) is 18.5. The Kier molecular flexibility index (Phi) is 27.7. The van der Waals surface area contributed by atoms with Gasteiger partial charge in [-0.25, -0.2) is 0 Å². The van der Waals surface area contributed by atoms with Crippen LogP contribution in [0.25, 0.3) is 0 Å². The normalized spacial score (nSPS) is 18.8. The molecule has 0 bridgehead atoms. The predicted molar refractivity (Wildman–Crippen MR) is 328 cm³/mol. The third-order valence-electron chi connectivity index (χ3n) is 17.8. The predicted octanol–water partition coefficient (Wildman–Crippen LogP) is 18.4. The minimum Gasteiger partial charge on any atom is -0.497 e. The van der Waals surface area contributed by atoms with Crippen LogP contribution in [0.4, 0.5) is 0 Å². The molecule has 0 saturated carbocycles. The highest BCUT2D eigenvalue weighted by molar-refractivity contribution is 6.75. The molecule has 0 unspecified atom stereocenters. The zero-order chi connectivity index (χ0) is 56.8. The molecule has 0 saturated heterocycles. The first-order chi connectivity index (χ1) is 33.1. The second kappa shape index (κ2) is 29.0. The lowest BCUT2D eigenvalue weighted by atomic mass is 9.82. The van der Waals surface area contributed by atoms with Crippen LogP contribution in [0.5, 0.6) is 5.75 Å². The van der Waals surface area contributed by atoms with E-state index >= 15 is 0 Å². The van der Waals surface area contributed by atoms with Gasteiger partial charge in [-0.1, -0.05) is 186 Å². The molecule has 1 aromatic rings. The van der Waals surface area contributed by atoms with E-state index in [1.54, 1.807) is 7.11 Å². The van der Waals surface area contributed by atoms with Gasteiger partial charge in [0.05, 0.1) is 50.8 Å². The molecule has 1 aromatic carbocycles. The Labute approximate surface area is 457 Å². The van der Waals surface area contributed by atoms with Crippen molar-refractivity contribution < 1.29 is 32.3 Å². The summed E-state index contributed by atoms with van der Waals surface area (Å²) in [6.45, 7) is 65.6. The van der Waals surface area contributed by atoms with E-state index in [2.05, 4.69) is 226 Å². The molecule has 0 amide bonds. The average molecular weight is 1090 g/mol. The van der Waals surface area contributed by atoms with Crippen LogP contribution in [-0.4, -0.2) is 82.6 Å². The van der Waals surface area contributed by atoms with Crippen LogP contribution in [0.3, 0.4) is 0 Å². The highest BCUT2D eigenvalue weighted by Gasteiger charge is 2.45. The Bertz CT molecular complexity index is 1830. The molecular formula is C62H118O7Si4. The zero-order valence-corrected chi connectivity index (χ0v) is 56.5. The second-order valence-corrected chi connectivity index (χ2v) is 47.4. The molecule has 424 valence electrons. The quantitative estimate of drug-likeness (QED) is 0.0451. The summed E-state index contributed by atoms with van der Waals surface area (Å²) in [7, 11) is -6.98. The van der Waals surface area contributed by atoms with Crippen LogP contribution in [0.2, 0.25) is 72.5 Å². The lowest BCUT2D eigenvalue weighted by Crippen LogP contribution is -2.48. The van der Waals surface area contributed by atoms with E-state index in [9.17, 15) is 5.11 Å². The Morgan fingerprint density at radius 1 is 0.548 bits per heavy atom. The number of methoxy groups -OCH3 is 1. The summed E-state index contributed by atoms with van der Waals surface area (Å²) in [5.74, 6) is 2.16. The van der Waals surface area contributed by atoms with E-state index in [0.29, 0.717) is 18.4 Å². The number of aliphatic hydroxyl groups is 1. The molecule has 0 aliphatic heterocycles. The fourth-order valence-electron chi connectivity index (χ4n) is 8.53. The standard InChI is InChI=1S/C62H118O7Si4/c1-29-30-32-48(4)58(65-45-52-36-39-53(64-20)40-37-52)51(7)55(67-71(23,24)60(11,12)13)41-34-46(2)43-50(6)57(69-73(27,28)62(17,18)19)49(5)35-38-54(66-70(21,22)59(8,9)10)44-56(47(3)33-31-42-63)68-72(25,26)61(14,15)16/h29-33,35-40,46-51,54-58,63H,1,34,41-45H2,2-28H3/t46-,47-,48-,49-,50+,51-,54+,55-,56-,57-,58-/m0/s1. The molecule has 1 rings (SSSR count). The SMILES string of the molecule is C=CC=C[C@H](C)[C@H](OCc1ccc(OC)cc1)[C@@H](C)[C@H](CC[C@H](C)C[C@@H](C)[C@@H](O[Si](C)(C)C(C)(C)C)[C@@H](C)C=C[C@H](C[C@H](O[Si](C)(C)C(C)(C)C)[C@@H](C)C=CCO)O[Si](C)(C)C(C)(C)C)O[Si](C)(C)C(C)(C)C. The number of ether oxygens (including phenoxy) is 2. The van der Waals surface area contributed by atoms with Crippen molar-refractivity contribution in [3.63, 3.8) is 0 Å². The van der Waals surface area contributed by atoms with Crippen LogP contribution in [-0.2, 0) is 29.0 Å². The number of hydrogen-bond acceptors (Lipinski definition) is 7. The lowest BCUT2D eigenvalue weighted by Gasteiger charge is -2.44. The summed E-state index contributed by atoms with van der Waals surface area (Å²) in [5.41, 5.74) is 1.13. The highest BCUT2D eigenvalue weighted by atomic mass is 28.4. The van der Waals surface area contributed by atoms with Crippen LogP contribution >= 0.6 is 0 Å². The summed E-state index contributed by atoms with van der Waals surface area (Å²) in [5, 5.41) is 10.0. The van der Waals surface area contributed by atoms with Crippen LogP contribution in [0.15, 0.2) is 73.4 Å². The Morgan fingerprint density at radius 3 is 1.48 bits per heavy atom. The van der Waals surface area contributed by atoms with Gasteiger partial charge in [0.1, 0.15) is 5.75 Å². The zero-order valence-electron chi connectivity index (χ0n) is 52.5. The molecule has 0 spiro atoms. The second-order valence-electron chi connectivity index (χ2n) is 28.4. The summed E-state index contributed by atoms with van der Waals surface area (Å²) in [6, 6.07) is 8.21. The maximum absolute atomic E-state index is 9.80. The van der Waals surface area contributed by atoms with Crippen LogP contribution in [0.1, 0.15) is 156 Å². The number of hydrogen-bond donors (Lipinski definition) is 1. The molecule has 7 nitrogen and oxygen atoms in total. The molecule has 0 heterocycles. The Balaban J connectivity index is 3.78. The van der Waals surface area contributed by atoms with Gasteiger partial charge in [0, 0.05) is 18.3 Å². The van der Waals surface area contributed by atoms with Gasteiger partial charge in [0.2, 0.25) is 0 Å². The monoisotopic (exact) mass is 1090 g/mol. The molecule has 11 atom stereocenters. The number of aliphatic hydroxyl groups excluding tert-OH is 1. The Hall–Kier alpha value is -1.39. The fourth-order valence-corrected chi connectivity index (χ4v) is 14.2. The van der Waals surface area contributed by atoms with Crippen molar-refractivity contribution in [3.8, 4) is 5.75 Å². The minimum absolute atomic E-state index is 0.0181. The molecule has 0 aromatic heterocycles. The molecule has 11 heteroatoms. The van der Waals surface area contributed by atoms with Gasteiger partial charge in [-0.05, 0) is 133 Å². The third-order valence-corrected chi connectivity index (χ3v) is 35.8. The summed E-state index contributed by atoms with van der Waals surface area (Å²) < 4.78 is 42.1. The van der Waals surface area contributed by atoms with Crippen molar-refractivity contribution in [1.29, 1.82) is 0 Å². The van der Waals surface area contributed by atoms with Crippen molar-refractivity contribution in [2.75, 3.05) is 13.7 Å². The first-order valence-electron chi connectivity index (χ1n) is 28.3. The van der Waals surface area contributed by atoms with Gasteiger partial charge < -0.3 is 32.3 Å². The van der Waals surface area contributed by atoms with Gasteiger partial charge in [-0.2, -0.15) is 0 Å². The van der Waals surface area contributed by atoms with Gasteiger partial charge in [0.25, 0.3) is 0 Å². The van der Waals surface area contributed by atoms with Crippen molar-refractivity contribution in [2.24, 2.45) is 35.5 Å². The van der Waals surface area contributed by atoms with Gasteiger partial charge in [-0.15, -0.1) is 0 Å². The van der Waals surface area contributed by atoms with Gasteiger partial charge in [0.15, 0.2) is 33.3 Å². The van der Waals surface area contributed by atoms with E-state index in [1.165, 1.54) is 0 Å². The van der Waals surface area contributed by atoms with E-state index < -0.39 is 33.3 Å². The molecule has 73 heavy (non-hydrogen) atoms. The molecule has 0 aliphatic carbocycles. The topological polar surface area (TPSA) is 75.6 Å². The summed E-state index contributed by atoms with van der Waals surface area (Å²) in [4.78, 5) is 0. The first-order valence-corrected chi connectivity index (χ1v) is 39.9. The highest BCUT2D eigenvalue weighted by Crippen LogP contribution is 2.44. The smallest absolute Gasteiger partial charge is 0.192 e. The Morgan fingerprint density at radius 2 is 1.01 bits per heavy atom. The lowest BCUT2D eigenvalue weighted by molar-refractivity contribution is -0.0551. The molecule has 1 N–H and O–H groups in total. The molecule has 0 aliphatic rings. The number of rotatable bonds is 31. The third kappa shape index (κ3) is 22.5. The molecular weight excluding hydrogens is 969 g/mol. The van der Waals surface area contributed by atoms with E-state index in [4.69, 9.17) is 27.2 Å². The van der Waals surface area contributed by atoms with E-state index in [0.717, 1.165) is 37.0 Å². The minimum atomic E-state index is -2.20. The molecule has 0 radical (unpaired) electrons. The number of benzene rings is 1. The van der Waals surface area contributed by atoms with Crippen LogP contribution < -0.4 is 4.74 Å². The largest absolute Gasteiger partial charge is 0.497 e. The van der Waals surface area contributed by atoms with Crippen molar-refractivity contribution in [2.45, 2.75) is 260 Å². The molecule has 0 fully saturated rings.